The molecule has 0 spiro atoms. The summed E-state index contributed by atoms with van der Waals surface area (Å²) in [5, 5.41) is 0. The number of carbonyl (C=O) groups is 1. The van der Waals surface area contributed by atoms with Crippen molar-refractivity contribution in [2.45, 2.75) is 36.5 Å². The summed E-state index contributed by atoms with van der Waals surface area (Å²) >= 11 is 0. The van der Waals surface area contributed by atoms with Crippen LogP contribution in [0.15, 0.2) is 59.5 Å². The van der Waals surface area contributed by atoms with Crippen molar-refractivity contribution in [2.75, 3.05) is 13.1 Å². The Balaban J connectivity index is 1.74. The van der Waals surface area contributed by atoms with Crippen LogP contribution in [0.1, 0.15) is 35.7 Å². The van der Waals surface area contributed by atoms with Crippen molar-refractivity contribution >= 4 is 15.7 Å². The molecule has 1 atom stereocenters. The van der Waals surface area contributed by atoms with Crippen LogP contribution in [0.3, 0.4) is 0 Å². The van der Waals surface area contributed by atoms with E-state index in [0.29, 0.717) is 24.6 Å². The van der Waals surface area contributed by atoms with Gasteiger partial charge in [0.1, 0.15) is 0 Å². The standard InChI is InChI=1S/C21H26N2O3S/c1-16(22)18-10-12-23(13-11-18)21(24)19-8-5-9-20(14-19)27(25,26)15-17-6-3-2-4-7-17/h2-9,14,16,18H,10-13,15,22H2,1H3. The van der Waals surface area contributed by atoms with Gasteiger partial charge in [-0.2, -0.15) is 0 Å². The minimum atomic E-state index is -3.51. The van der Waals surface area contributed by atoms with Gasteiger partial charge in [-0.15, -0.1) is 0 Å². The molecule has 1 heterocycles. The molecule has 1 saturated heterocycles. The smallest absolute Gasteiger partial charge is 0.253 e. The van der Waals surface area contributed by atoms with E-state index in [-0.39, 0.29) is 22.6 Å². The van der Waals surface area contributed by atoms with Gasteiger partial charge in [0.25, 0.3) is 5.91 Å². The lowest BCUT2D eigenvalue weighted by Crippen LogP contribution is -2.42. The fourth-order valence-corrected chi connectivity index (χ4v) is 4.90. The van der Waals surface area contributed by atoms with Gasteiger partial charge in [0, 0.05) is 24.7 Å². The summed E-state index contributed by atoms with van der Waals surface area (Å²) in [6, 6.07) is 15.6. The van der Waals surface area contributed by atoms with Crippen LogP contribution in [0.2, 0.25) is 0 Å². The monoisotopic (exact) mass is 386 g/mol. The van der Waals surface area contributed by atoms with Crippen molar-refractivity contribution in [3.05, 3.63) is 65.7 Å². The Kier molecular flexibility index (Phi) is 5.97. The van der Waals surface area contributed by atoms with Gasteiger partial charge in [-0.1, -0.05) is 36.4 Å². The molecule has 0 radical (unpaired) electrons. The number of nitrogens with zero attached hydrogens (tertiary/aromatic N) is 1. The summed E-state index contributed by atoms with van der Waals surface area (Å²) in [6.07, 6.45) is 1.77. The van der Waals surface area contributed by atoms with Gasteiger partial charge < -0.3 is 10.6 Å². The van der Waals surface area contributed by atoms with Crippen LogP contribution < -0.4 is 5.73 Å². The van der Waals surface area contributed by atoms with E-state index in [1.807, 2.05) is 25.1 Å². The van der Waals surface area contributed by atoms with Gasteiger partial charge in [0.2, 0.25) is 0 Å². The van der Waals surface area contributed by atoms with Gasteiger partial charge in [0.05, 0.1) is 10.6 Å². The highest BCUT2D eigenvalue weighted by molar-refractivity contribution is 7.90. The highest BCUT2D eigenvalue weighted by atomic mass is 32.2. The fourth-order valence-electron chi connectivity index (χ4n) is 3.51. The van der Waals surface area contributed by atoms with Crippen molar-refractivity contribution in [1.29, 1.82) is 0 Å². The van der Waals surface area contributed by atoms with E-state index in [9.17, 15) is 13.2 Å². The van der Waals surface area contributed by atoms with E-state index in [1.165, 1.54) is 6.07 Å². The van der Waals surface area contributed by atoms with E-state index in [4.69, 9.17) is 5.73 Å². The first-order valence-corrected chi connectivity index (χ1v) is 10.9. The summed E-state index contributed by atoms with van der Waals surface area (Å²) in [5.41, 5.74) is 7.11. The second-order valence-electron chi connectivity index (χ2n) is 7.26. The quantitative estimate of drug-likeness (QED) is 0.857. The maximum Gasteiger partial charge on any atom is 0.253 e. The highest BCUT2D eigenvalue weighted by Crippen LogP contribution is 2.23. The third-order valence-electron chi connectivity index (χ3n) is 5.21. The molecule has 2 aromatic carbocycles. The summed E-state index contributed by atoms with van der Waals surface area (Å²) in [4.78, 5) is 14.8. The Hall–Kier alpha value is -2.18. The molecule has 2 aromatic rings. The van der Waals surface area contributed by atoms with Gasteiger partial charge in [-0.05, 0) is 49.4 Å². The molecule has 0 aliphatic carbocycles. The number of carbonyl (C=O) groups excluding carboxylic acids is 1. The first kappa shape index (κ1) is 19.6. The molecule has 1 unspecified atom stereocenters. The maximum atomic E-state index is 12.8. The third-order valence-corrected chi connectivity index (χ3v) is 6.90. The van der Waals surface area contributed by atoms with Gasteiger partial charge in [-0.3, -0.25) is 4.79 Å². The molecule has 2 N–H and O–H groups in total. The predicted molar refractivity (Wildman–Crippen MR) is 106 cm³/mol. The van der Waals surface area contributed by atoms with E-state index in [1.54, 1.807) is 35.2 Å². The molecule has 1 aliphatic rings. The number of likely N-dealkylation sites (tertiary alicyclic amines) is 1. The summed E-state index contributed by atoms with van der Waals surface area (Å²) in [7, 11) is -3.51. The number of nitrogens with two attached hydrogens (primary N) is 1. The predicted octanol–water partition coefficient (Wildman–Crippen LogP) is 2.86. The number of rotatable bonds is 5. The molecule has 1 aliphatic heterocycles. The minimum absolute atomic E-state index is 0.0781. The van der Waals surface area contributed by atoms with Crippen molar-refractivity contribution in [3.8, 4) is 0 Å². The zero-order valence-corrected chi connectivity index (χ0v) is 16.4. The van der Waals surface area contributed by atoms with Gasteiger partial charge in [-0.25, -0.2) is 8.42 Å². The van der Waals surface area contributed by atoms with Gasteiger partial charge >= 0.3 is 0 Å². The maximum absolute atomic E-state index is 12.8. The first-order chi connectivity index (χ1) is 12.9. The lowest BCUT2D eigenvalue weighted by molar-refractivity contribution is 0.0680. The van der Waals surface area contributed by atoms with Crippen LogP contribution in [0.5, 0.6) is 0 Å². The molecule has 6 heteroatoms. The summed E-state index contributed by atoms with van der Waals surface area (Å²) < 4.78 is 25.5. The van der Waals surface area contributed by atoms with Crippen LogP contribution >= 0.6 is 0 Å². The second kappa shape index (κ2) is 8.23. The highest BCUT2D eigenvalue weighted by Gasteiger charge is 2.26. The Morgan fingerprint density at radius 3 is 2.41 bits per heavy atom. The molecular formula is C21H26N2O3S. The van der Waals surface area contributed by atoms with Crippen molar-refractivity contribution in [2.24, 2.45) is 11.7 Å². The van der Waals surface area contributed by atoms with Crippen LogP contribution in [0.25, 0.3) is 0 Å². The van der Waals surface area contributed by atoms with Crippen molar-refractivity contribution in [1.82, 2.24) is 4.90 Å². The van der Waals surface area contributed by atoms with E-state index >= 15 is 0 Å². The lowest BCUT2D eigenvalue weighted by Gasteiger charge is -2.33. The third kappa shape index (κ3) is 4.76. The largest absolute Gasteiger partial charge is 0.339 e. The number of hydrogen-bond acceptors (Lipinski definition) is 4. The number of benzene rings is 2. The molecule has 144 valence electrons. The average molecular weight is 387 g/mol. The zero-order valence-electron chi connectivity index (χ0n) is 15.5. The first-order valence-electron chi connectivity index (χ1n) is 9.28. The average Bonchev–Trinajstić information content (AvgIpc) is 2.68. The molecule has 27 heavy (non-hydrogen) atoms. The minimum Gasteiger partial charge on any atom is -0.339 e. The molecule has 0 saturated carbocycles. The van der Waals surface area contributed by atoms with Crippen molar-refractivity contribution < 1.29 is 13.2 Å². The van der Waals surface area contributed by atoms with E-state index < -0.39 is 9.84 Å². The van der Waals surface area contributed by atoms with Gasteiger partial charge in [0.15, 0.2) is 9.84 Å². The van der Waals surface area contributed by atoms with E-state index in [2.05, 4.69) is 0 Å². The molecular weight excluding hydrogens is 360 g/mol. The normalized spacial score (nSPS) is 16.9. The Morgan fingerprint density at radius 2 is 1.78 bits per heavy atom. The molecule has 3 rings (SSSR count). The number of piperidine rings is 1. The fraction of sp³-hybridized carbons (Fsp3) is 0.381. The molecule has 0 aromatic heterocycles. The summed E-state index contributed by atoms with van der Waals surface area (Å²) in [5.74, 6) is 0.243. The lowest BCUT2D eigenvalue weighted by atomic mass is 9.90. The van der Waals surface area contributed by atoms with Crippen LogP contribution in [-0.4, -0.2) is 38.4 Å². The number of hydrogen-bond donors (Lipinski definition) is 1. The SMILES string of the molecule is CC(N)C1CCN(C(=O)c2cccc(S(=O)(=O)Cc3ccccc3)c2)CC1. The molecule has 0 bridgehead atoms. The molecule has 5 nitrogen and oxygen atoms in total. The molecule has 1 fully saturated rings. The Bertz CT molecular complexity index is 887. The summed E-state index contributed by atoms with van der Waals surface area (Å²) in [6.45, 7) is 3.32. The number of amides is 1. The van der Waals surface area contributed by atoms with Crippen LogP contribution in [0, 0.1) is 5.92 Å². The van der Waals surface area contributed by atoms with E-state index in [0.717, 1.165) is 18.4 Å². The second-order valence-corrected chi connectivity index (χ2v) is 9.25. The Morgan fingerprint density at radius 1 is 1.11 bits per heavy atom. The topological polar surface area (TPSA) is 80.5 Å². The number of sulfone groups is 1. The van der Waals surface area contributed by atoms with Crippen LogP contribution in [-0.2, 0) is 15.6 Å². The Labute approximate surface area is 161 Å². The molecule has 1 amide bonds. The van der Waals surface area contributed by atoms with Crippen LogP contribution in [0.4, 0.5) is 0 Å². The van der Waals surface area contributed by atoms with Crippen molar-refractivity contribution in [3.63, 3.8) is 0 Å². The zero-order chi connectivity index (χ0) is 19.4.